The van der Waals surface area contributed by atoms with Gasteiger partial charge in [-0.2, -0.15) is 0 Å². The van der Waals surface area contributed by atoms with Crippen LogP contribution in [0.5, 0.6) is 11.5 Å². The fourth-order valence-electron chi connectivity index (χ4n) is 11.1. The monoisotopic (exact) mass is 1080 g/mol. The summed E-state index contributed by atoms with van der Waals surface area (Å²) < 4.78 is 27.1. The molecule has 2 saturated heterocycles. The molecule has 12 rings (SSSR count). The van der Waals surface area contributed by atoms with Crippen molar-refractivity contribution in [2.24, 2.45) is 23.7 Å². The largest absolute Gasteiger partial charge is 0.493 e. The Hall–Kier alpha value is -4.24. The van der Waals surface area contributed by atoms with Crippen molar-refractivity contribution in [2.45, 2.75) is 103 Å². The highest BCUT2D eigenvalue weighted by atomic mass is 35.5. The zero-order chi connectivity index (χ0) is 49.0. The average Bonchev–Trinajstić information content (AvgIpc) is 4.14. The van der Waals surface area contributed by atoms with Crippen LogP contribution in [0.15, 0.2) is 92.6 Å². The summed E-state index contributed by atoms with van der Waals surface area (Å²) >= 11 is 3.74. The Morgan fingerprint density at radius 2 is 0.946 bits per heavy atom. The molecule has 4 aromatic heterocycles. The van der Waals surface area contributed by atoms with E-state index in [1.807, 2.05) is 22.7 Å². The lowest BCUT2D eigenvalue weighted by Crippen LogP contribution is -2.33. The molecule has 4 fully saturated rings. The molecule has 2 saturated carbocycles. The van der Waals surface area contributed by atoms with Crippen molar-refractivity contribution in [1.82, 2.24) is 29.9 Å². The van der Waals surface area contributed by atoms with Crippen LogP contribution < -0.4 is 9.47 Å². The van der Waals surface area contributed by atoms with Crippen molar-refractivity contribution in [2.75, 3.05) is 67.6 Å². The summed E-state index contributed by atoms with van der Waals surface area (Å²) in [5.41, 5.74) is 9.23. The summed E-state index contributed by atoms with van der Waals surface area (Å²) in [5.74, 6) is 4.89. The standard InChI is InChI=1S/2C30H37N3O2S.2ClH/c2*1-32(2)19-26-28(34-20-22-6-7-22)11-9-25-27(31-35-29(25)26)10-8-21-12-15-33(16-13-21)18-24-5-3-4-23-14-17-36-30(23)24;;/h2*3-5,9,11,14,17,21-22H,6-8,10,12-13,15-16,18-20H2,1-2H3;2*1H. The van der Waals surface area contributed by atoms with E-state index in [1.54, 1.807) is 0 Å². The maximum absolute atomic E-state index is 6.19. The number of aromatic nitrogens is 2. The van der Waals surface area contributed by atoms with Crippen LogP contribution in [-0.2, 0) is 39.0 Å². The number of halogens is 2. The highest BCUT2D eigenvalue weighted by Gasteiger charge is 2.27. The molecule has 10 nitrogen and oxygen atoms in total. The molecular formula is C60H76Cl2N6O4S2. The Morgan fingerprint density at radius 3 is 1.34 bits per heavy atom. The molecule has 2 aliphatic carbocycles. The Labute approximate surface area is 458 Å². The number of aryl methyl sites for hydroxylation is 2. The number of rotatable bonds is 20. The van der Waals surface area contributed by atoms with Crippen LogP contribution in [-0.4, -0.2) is 97.5 Å². The van der Waals surface area contributed by atoms with Gasteiger partial charge in [-0.1, -0.05) is 46.7 Å². The molecule has 396 valence electrons. The smallest absolute Gasteiger partial charge is 0.175 e. The molecule has 0 atom stereocenters. The molecule has 8 aromatic rings. The van der Waals surface area contributed by atoms with Gasteiger partial charge in [0.05, 0.1) is 35.7 Å². The Bertz CT molecular complexity index is 2850. The molecule has 4 aromatic carbocycles. The predicted octanol–water partition coefficient (Wildman–Crippen LogP) is 14.3. The minimum Gasteiger partial charge on any atom is -0.493 e. The number of fused-ring (bicyclic) bond motifs is 4. The van der Waals surface area contributed by atoms with Gasteiger partial charge in [-0.15, -0.1) is 47.5 Å². The maximum atomic E-state index is 6.19. The van der Waals surface area contributed by atoms with Crippen LogP contribution in [0.2, 0.25) is 0 Å². The van der Waals surface area contributed by atoms with Crippen LogP contribution in [0.1, 0.15) is 97.8 Å². The van der Waals surface area contributed by atoms with E-state index < -0.39 is 0 Å². The van der Waals surface area contributed by atoms with Crippen LogP contribution in [0, 0.1) is 23.7 Å². The summed E-state index contributed by atoms with van der Waals surface area (Å²) in [7, 11) is 8.37. The fourth-order valence-corrected chi connectivity index (χ4v) is 12.9. The average molecular weight is 1080 g/mol. The first-order valence-electron chi connectivity index (χ1n) is 27.0. The molecule has 6 heterocycles. The molecule has 74 heavy (non-hydrogen) atoms. The first-order chi connectivity index (χ1) is 35.3. The Kier molecular flexibility index (Phi) is 18.6. The van der Waals surface area contributed by atoms with Gasteiger partial charge in [-0.25, -0.2) is 0 Å². The molecule has 2 aliphatic heterocycles. The summed E-state index contributed by atoms with van der Waals surface area (Å²) in [6, 6.07) is 26.5. The van der Waals surface area contributed by atoms with Crippen LogP contribution >= 0.6 is 47.5 Å². The minimum atomic E-state index is 0. The van der Waals surface area contributed by atoms with Gasteiger partial charge < -0.3 is 28.3 Å². The summed E-state index contributed by atoms with van der Waals surface area (Å²) in [6.07, 6.45) is 14.6. The zero-order valence-electron chi connectivity index (χ0n) is 43.9. The van der Waals surface area contributed by atoms with E-state index in [9.17, 15) is 0 Å². The lowest BCUT2D eigenvalue weighted by molar-refractivity contribution is 0.172. The van der Waals surface area contributed by atoms with Gasteiger partial charge in [-0.05, 0) is 224 Å². The molecular weight excluding hydrogens is 1000 g/mol. The van der Waals surface area contributed by atoms with E-state index in [-0.39, 0.29) is 24.8 Å². The van der Waals surface area contributed by atoms with E-state index in [4.69, 9.17) is 18.5 Å². The molecule has 0 spiro atoms. The van der Waals surface area contributed by atoms with E-state index in [2.05, 4.69) is 142 Å². The van der Waals surface area contributed by atoms with Gasteiger partial charge >= 0.3 is 0 Å². The van der Waals surface area contributed by atoms with Crippen molar-refractivity contribution in [3.05, 3.63) is 117 Å². The second kappa shape index (κ2) is 25.3. The summed E-state index contributed by atoms with van der Waals surface area (Å²) in [5, 5.41) is 18.6. The van der Waals surface area contributed by atoms with Gasteiger partial charge in [-0.3, -0.25) is 9.80 Å². The number of piperidine rings is 2. The Balaban J connectivity index is 0.000000177. The minimum absolute atomic E-state index is 0. The van der Waals surface area contributed by atoms with Crippen molar-refractivity contribution in [3.8, 4) is 11.5 Å². The third-order valence-corrected chi connectivity index (χ3v) is 17.8. The van der Waals surface area contributed by atoms with Gasteiger partial charge in [0.25, 0.3) is 0 Å². The summed E-state index contributed by atoms with van der Waals surface area (Å²) in [6.45, 7) is 10.1. The number of hydrogen-bond donors (Lipinski definition) is 0. The number of benzene rings is 4. The van der Waals surface area contributed by atoms with E-state index in [0.29, 0.717) is 0 Å². The van der Waals surface area contributed by atoms with Crippen LogP contribution in [0.4, 0.5) is 0 Å². The highest BCUT2D eigenvalue weighted by molar-refractivity contribution is 7.17. The molecule has 0 N–H and O–H groups in total. The predicted molar refractivity (Wildman–Crippen MR) is 310 cm³/mol. The van der Waals surface area contributed by atoms with E-state index in [1.165, 1.54) is 122 Å². The lowest BCUT2D eigenvalue weighted by Gasteiger charge is -2.32. The molecule has 0 unspecified atom stereocenters. The van der Waals surface area contributed by atoms with Gasteiger partial charge in [0, 0.05) is 46.4 Å². The van der Waals surface area contributed by atoms with E-state index >= 15 is 0 Å². The number of likely N-dealkylation sites (tertiary alicyclic amines) is 2. The van der Waals surface area contributed by atoms with Gasteiger partial charge in [0.1, 0.15) is 11.5 Å². The van der Waals surface area contributed by atoms with Crippen molar-refractivity contribution < 1.29 is 18.5 Å². The fraction of sp³-hybridized carbons (Fsp3) is 0.500. The normalized spacial score (nSPS) is 17.1. The lowest BCUT2D eigenvalue weighted by atomic mass is 9.91. The molecule has 0 amide bonds. The third-order valence-electron chi connectivity index (χ3n) is 15.7. The molecule has 0 bridgehead atoms. The first-order valence-corrected chi connectivity index (χ1v) is 28.7. The number of ether oxygens (including phenoxy) is 2. The van der Waals surface area contributed by atoms with Gasteiger partial charge in [0.15, 0.2) is 11.2 Å². The maximum Gasteiger partial charge on any atom is 0.175 e. The topological polar surface area (TPSA) is 83.5 Å². The third kappa shape index (κ3) is 13.5. The molecule has 4 aliphatic rings. The Morgan fingerprint density at radius 1 is 0.527 bits per heavy atom. The number of thiophene rings is 2. The van der Waals surface area contributed by atoms with Crippen molar-refractivity contribution in [1.29, 1.82) is 0 Å². The zero-order valence-corrected chi connectivity index (χ0v) is 47.2. The van der Waals surface area contributed by atoms with Gasteiger partial charge in [0.2, 0.25) is 0 Å². The SMILES string of the molecule is CN(C)Cc1c(OCC2CC2)ccc2c(CCC3CCN(Cc4cccc5ccsc45)CC3)noc12.CN(C)Cc1c(OCC2CC2)ccc2c(CCC3CCN(Cc4cccc5ccsc45)CC3)noc12.Cl.Cl. The van der Waals surface area contributed by atoms with Crippen molar-refractivity contribution >= 4 is 89.6 Å². The highest BCUT2D eigenvalue weighted by Crippen LogP contribution is 2.38. The summed E-state index contributed by atoms with van der Waals surface area (Å²) in [4.78, 5) is 9.61. The second-order valence-electron chi connectivity index (χ2n) is 22.1. The first kappa shape index (κ1) is 54.5. The quantitative estimate of drug-likeness (QED) is 0.0736. The second-order valence-corrected chi connectivity index (χ2v) is 23.9. The number of hydrogen-bond acceptors (Lipinski definition) is 12. The van der Waals surface area contributed by atoms with Crippen molar-refractivity contribution in [3.63, 3.8) is 0 Å². The van der Waals surface area contributed by atoms with E-state index in [0.717, 1.165) is 132 Å². The number of nitrogens with zero attached hydrogens (tertiary/aromatic N) is 6. The van der Waals surface area contributed by atoms with Crippen LogP contribution in [0.3, 0.4) is 0 Å². The molecule has 0 radical (unpaired) electrons. The van der Waals surface area contributed by atoms with Crippen LogP contribution in [0.25, 0.3) is 42.1 Å². The molecule has 14 heteroatoms.